The minimum atomic E-state index is -1.52. The number of hydrogen-bond acceptors (Lipinski definition) is 7. The summed E-state index contributed by atoms with van der Waals surface area (Å²) in [7, 11) is 0. The summed E-state index contributed by atoms with van der Waals surface area (Å²) < 4.78 is 0. The normalized spacial score (nSPS) is 16.5. The molecule has 0 fully saturated rings. The van der Waals surface area contributed by atoms with E-state index in [1.807, 2.05) is 0 Å². The Balaban J connectivity index is 5.29. The van der Waals surface area contributed by atoms with Crippen LogP contribution in [0.1, 0.15) is 27.2 Å². The molecule has 5 atom stereocenters. The van der Waals surface area contributed by atoms with E-state index in [0.717, 1.165) is 0 Å². The Bertz CT molecular complexity index is 512. The van der Waals surface area contributed by atoms with Gasteiger partial charge >= 0.3 is 5.97 Å². The summed E-state index contributed by atoms with van der Waals surface area (Å²) >= 11 is 0. The Hall–Kier alpha value is -2.24. The van der Waals surface area contributed by atoms with Gasteiger partial charge in [-0.15, -0.1) is 0 Å². The van der Waals surface area contributed by atoms with Crippen molar-refractivity contribution < 1.29 is 34.5 Å². The van der Waals surface area contributed by atoms with Gasteiger partial charge in [-0.25, -0.2) is 4.79 Å². The zero-order valence-corrected chi connectivity index (χ0v) is 15.1. The molecule has 0 aliphatic carbocycles. The molecule has 0 saturated carbocycles. The van der Waals surface area contributed by atoms with Crippen LogP contribution in [0.3, 0.4) is 0 Å². The van der Waals surface area contributed by atoms with E-state index in [-0.39, 0.29) is 12.5 Å². The van der Waals surface area contributed by atoms with Gasteiger partial charge in [-0.3, -0.25) is 14.4 Å². The van der Waals surface area contributed by atoms with Crippen LogP contribution < -0.4 is 21.7 Å². The fourth-order valence-corrected chi connectivity index (χ4v) is 2.03. The summed E-state index contributed by atoms with van der Waals surface area (Å²) in [5.41, 5.74) is 5.17. The van der Waals surface area contributed by atoms with Crippen LogP contribution in [0.5, 0.6) is 0 Å². The number of carboxylic acids is 1. The summed E-state index contributed by atoms with van der Waals surface area (Å²) in [6, 6.07) is -3.98. The second-order valence-corrected chi connectivity index (χ2v) is 5.94. The first kappa shape index (κ1) is 23.8. The quantitative estimate of drug-likeness (QED) is 0.197. The van der Waals surface area contributed by atoms with Gasteiger partial charge in [0.2, 0.25) is 17.7 Å². The van der Waals surface area contributed by atoms with E-state index in [0.29, 0.717) is 6.42 Å². The standard InChI is InChI=1S/C15H28N4O7/c1-4-7(2)11(13(23)17-9(6-20)15(25)26)19-14(24)12(8(3)21)18-10(22)5-16/h7-9,11-12,20-21H,4-6,16H2,1-3H3,(H,17,23)(H,18,22)(H,19,24)(H,25,26). The van der Waals surface area contributed by atoms with E-state index in [1.54, 1.807) is 13.8 Å². The molecule has 0 aromatic carbocycles. The van der Waals surface area contributed by atoms with Gasteiger partial charge in [-0.05, 0) is 12.8 Å². The van der Waals surface area contributed by atoms with Crippen LogP contribution in [-0.4, -0.2) is 76.4 Å². The molecule has 3 amide bonds. The highest BCUT2D eigenvalue weighted by molar-refractivity contribution is 5.94. The van der Waals surface area contributed by atoms with E-state index in [1.165, 1.54) is 6.92 Å². The molecule has 0 aliphatic heterocycles. The monoisotopic (exact) mass is 376 g/mol. The third-order valence-corrected chi connectivity index (χ3v) is 3.86. The fraction of sp³-hybridized carbons (Fsp3) is 0.733. The molecule has 26 heavy (non-hydrogen) atoms. The van der Waals surface area contributed by atoms with Crippen molar-refractivity contribution in [3.05, 3.63) is 0 Å². The molecule has 0 radical (unpaired) electrons. The Morgan fingerprint density at radius 2 is 1.54 bits per heavy atom. The van der Waals surface area contributed by atoms with Crippen molar-refractivity contribution >= 4 is 23.7 Å². The van der Waals surface area contributed by atoms with Crippen molar-refractivity contribution in [3.63, 3.8) is 0 Å². The second kappa shape index (κ2) is 11.4. The molecule has 0 spiro atoms. The highest BCUT2D eigenvalue weighted by Gasteiger charge is 2.33. The number of carbonyl (C=O) groups excluding carboxylic acids is 3. The Morgan fingerprint density at radius 3 is 1.92 bits per heavy atom. The lowest BCUT2D eigenvalue weighted by atomic mass is 9.97. The highest BCUT2D eigenvalue weighted by atomic mass is 16.4. The second-order valence-electron chi connectivity index (χ2n) is 5.94. The average molecular weight is 376 g/mol. The zero-order valence-electron chi connectivity index (χ0n) is 15.1. The molecule has 0 heterocycles. The van der Waals surface area contributed by atoms with Gasteiger partial charge in [0.1, 0.15) is 18.1 Å². The van der Waals surface area contributed by atoms with Gasteiger partial charge in [-0.2, -0.15) is 0 Å². The molecular formula is C15H28N4O7. The van der Waals surface area contributed by atoms with Crippen LogP contribution in [-0.2, 0) is 19.2 Å². The van der Waals surface area contributed by atoms with Crippen LogP contribution in [0.4, 0.5) is 0 Å². The Labute approximate surface area is 151 Å². The minimum Gasteiger partial charge on any atom is -0.480 e. The number of aliphatic carboxylic acids is 1. The molecule has 0 rings (SSSR count). The topological polar surface area (TPSA) is 191 Å². The number of amides is 3. The van der Waals surface area contributed by atoms with Gasteiger partial charge in [0.05, 0.1) is 19.3 Å². The van der Waals surface area contributed by atoms with Crippen molar-refractivity contribution in [2.75, 3.05) is 13.2 Å². The van der Waals surface area contributed by atoms with Crippen LogP contribution in [0.15, 0.2) is 0 Å². The number of aliphatic hydroxyl groups is 2. The lowest BCUT2D eigenvalue weighted by molar-refractivity contribution is -0.143. The average Bonchev–Trinajstić information content (AvgIpc) is 2.59. The molecule has 0 saturated heterocycles. The summed E-state index contributed by atoms with van der Waals surface area (Å²) in [6.45, 7) is 3.51. The lowest BCUT2D eigenvalue weighted by Crippen LogP contribution is -2.60. The minimum absolute atomic E-state index is 0.382. The first-order valence-corrected chi connectivity index (χ1v) is 8.20. The van der Waals surface area contributed by atoms with Gasteiger partial charge in [0.25, 0.3) is 0 Å². The Kier molecular flexibility index (Phi) is 10.4. The predicted octanol–water partition coefficient (Wildman–Crippen LogP) is -3.10. The number of nitrogens with one attached hydrogen (secondary N) is 3. The van der Waals surface area contributed by atoms with Gasteiger partial charge in [0, 0.05) is 0 Å². The largest absolute Gasteiger partial charge is 0.480 e. The van der Waals surface area contributed by atoms with Crippen LogP contribution >= 0.6 is 0 Å². The van der Waals surface area contributed by atoms with Gasteiger partial charge < -0.3 is 37.0 Å². The van der Waals surface area contributed by atoms with Gasteiger partial charge in [0.15, 0.2) is 0 Å². The van der Waals surface area contributed by atoms with E-state index < -0.39 is 54.5 Å². The first-order valence-electron chi connectivity index (χ1n) is 8.20. The van der Waals surface area contributed by atoms with E-state index in [2.05, 4.69) is 16.0 Å². The number of carbonyl (C=O) groups is 4. The van der Waals surface area contributed by atoms with E-state index in [9.17, 15) is 24.3 Å². The molecule has 11 nitrogen and oxygen atoms in total. The maximum atomic E-state index is 12.4. The number of rotatable bonds is 11. The molecule has 11 heteroatoms. The van der Waals surface area contributed by atoms with Crippen molar-refractivity contribution in [1.29, 1.82) is 0 Å². The molecule has 0 aromatic rings. The smallest absolute Gasteiger partial charge is 0.328 e. The molecule has 150 valence electrons. The third kappa shape index (κ3) is 7.33. The molecular weight excluding hydrogens is 348 g/mol. The number of aliphatic hydroxyl groups excluding tert-OH is 2. The van der Waals surface area contributed by atoms with Crippen molar-refractivity contribution in [1.82, 2.24) is 16.0 Å². The van der Waals surface area contributed by atoms with Crippen LogP contribution in [0, 0.1) is 5.92 Å². The van der Waals surface area contributed by atoms with E-state index in [4.69, 9.17) is 15.9 Å². The van der Waals surface area contributed by atoms with Crippen molar-refractivity contribution in [2.45, 2.75) is 51.4 Å². The zero-order chi connectivity index (χ0) is 20.4. The molecule has 0 aromatic heterocycles. The first-order chi connectivity index (χ1) is 12.1. The molecule has 0 bridgehead atoms. The maximum absolute atomic E-state index is 12.4. The predicted molar refractivity (Wildman–Crippen MR) is 90.7 cm³/mol. The molecule has 8 N–H and O–H groups in total. The SMILES string of the molecule is CCC(C)C(NC(=O)C(NC(=O)CN)C(C)O)C(=O)NC(CO)C(=O)O. The summed E-state index contributed by atoms with van der Waals surface area (Å²) in [5.74, 6) is -4.09. The Morgan fingerprint density at radius 1 is 1.00 bits per heavy atom. The summed E-state index contributed by atoms with van der Waals surface area (Å²) in [6.07, 6.45) is -0.778. The summed E-state index contributed by atoms with van der Waals surface area (Å²) in [5, 5.41) is 34.4. The number of nitrogens with two attached hydrogens (primary N) is 1. The lowest BCUT2D eigenvalue weighted by Gasteiger charge is -2.28. The number of carboxylic acid groups (broad SMARTS) is 1. The summed E-state index contributed by atoms with van der Waals surface area (Å²) in [4.78, 5) is 47.1. The van der Waals surface area contributed by atoms with Crippen molar-refractivity contribution in [3.8, 4) is 0 Å². The van der Waals surface area contributed by atoms with Crippen molar-refractivity contribution in [2.24, 2.45) is 11.7 Å². The third-order valence-electron chi connectivity index (χ3n) is 3.86. The van der Waals surface area contributed by atoms with Crippen LogP contribution in [0.25, 0.3) is 0 Å². The highest BCUT2D eigenvalue weighted by Crippen LogP contribution is 2.09. The fourth-order valence-electron chi connectivity index (χ4n) is 2.03. The van der Waals surface area contributed by atoms with E-state index >= 15 is 0 Å². The van der Waals surface area contributed by atoms with Crippen LogP contribution in [0.2, 0.25) is 0 Å². The molecule has 5 unspecified atom stereocenters. The van der Waals surface area contributed by atoms with Gasteiger partial charge in [-0.1, -0.05) is 20.3 Å². The maximum Gasteiger partial charge on any atom is 0.328 e. The molecule has 0 aliphatic rings. The number of hydrogen-bond donors (Lipinski definition) is 7.